The van der Waals surface area contributed by atoms with Crippen LogP contribution in [-0.4, -0.2) is 38.2 Å². The first kappa shape index (κ1) is 18.4. The number of carbonyl (C=O) groups excluding carboxylic acids is 3. The Bertz CT molecular complexity index is 589. The molecule has 23 heavy (non-hydrogen) atoms. The number of nitrogens with one attached hydrogen (secondary N) is 2. The maximum Gasteiger partial charge on any atom is 0.341 e. The van der Waals surface area contributed by atoms with E-state index in [0.717, 1.165) is 6.07 Å². The van der Waals surface area contributed by atoms with E-state index in [2.05, 4.69) is 10.1 Å². The SMILES string of the molecule is COc1ccc(C(=O)OCC(=O)NC(=O)NCC(C)C)c(F)c1. The molecule has 8 heteroatoms. The molecule has 1 rings (SSSR count). The molecular weight excluding hydrogens is 307 g/mol. The molecule has 0 aromatic heterocycles. The third-order valence-corrected chi connectivity index (χ3v) is 2.65. The minimum absolute atomic E-state index is 0.228. The summed E-state index contributed by atoms with van der Waals surface area (Å²) in [5.74, 6) is -2.17. The monoisotopic (exact) mass is 326 g/mol. The van der Waals surface area contributed by atoms with Crippen LogP contribution in [-0.2, 0) is 9.53 Å². The molecule has 0 spiro atoms. The number of esters is 1. The molecular formula is C15H19FN2O5. The molecule has 1 aromatic carbocycles. The van der Waals surface area contributed by atoms with Crippen LogP contribution in [0, 0.1) is 11.7 Å². The molecule has 0 atom stereocenters. The maximum atomic E-state index is 13.7. The van der Waals surface area contributed by atoms with Gasteiger partial charge in [-0.3, -0.25) is 10.1 Å². The van der Waals surface area contributed by atoms with Crippen molar-refractivity contribution < 1.29 is 28.2 Å². The van der Waals surface area contributed by atoms with Crippen LogP contribution >= 0.6 is 0 Å². The van der Waals surface area contributed by atoms with Gasteiger partial charge in [0.25, 0.3) is 5.91 Å². The Balaban J connectivity index is 2.46. The van der Waals surface area contributed by atoms with E-state index in [1.165, 1.54) is 19.2 Å². The van der Waals surface area contributed by atoms with Gasteiger partial charge in [-0.1, -0.05) is 13.8 Å². The zero-order valence-electron chi connectivity index (χ0n) is 13.1. The molecule has 2 N–H and O–H groups in total. The number of halogens is 1. The van der Waals surface area contributed by atoms with Crippen LogP contribution in [0.15, 0.2) is 18.2 Å². The lowest BCUT2D eigenvalue weighted by Crippen LogP contribution is -2.42. The highest BCUT2D eigenvalue weighted by Crippen LogP contribution is 2.16. The predicted octanol–water partition coefficient (Wildman–Crippen LogP) is 1.47. The van der Waals surface area contributed by atoms with Crippen molar-refractivity contribution in [2.75, 3.05) is 20.3 Å². The van der Waals surface area contributed by atoms with Gasteiger partial charge in [0.1, 0.15) is 11.6 Å². The number of methoxy groups -OCH3 is 1. The second-order valence-corrected chi connectivity index (χ2v) is 5.07. The van der Waals surface area contributed by atoms with Gasteiger partial charge in [0.2, 0.25) is 0 Å². The Morgan fingerprint density at radius 3 is 2.52 bits per heavy atom. The van der Waals surface area contributed by atoms with Gasteiger partial charge in [-0.05, 0) is 18.1 Å². The van der Waals surface area contributed by atoms with E-state index in [1.807, 2.05) is 19.2 Å². The summed E-state index contributed by atoms with van der Waals surface area (Å²) < 4.78 is 23.1. The Kier molecular flexibility index (Phi) is 6.98. The third kappa shape index (κ3) is 6.33. The highest BCUT2D eigenvalue weighted by Gasteiger charge is 2.16. The summed E-state index contributed by atoms with van der Waals surface area (Å²) in [5, 5.41) is 4.46. The van der Waals surface area contributed by atoms with E-state index in [-0.39, 0.29) is 17.2 Å². The normalized spacial score (nSPS) is 10.1. The lowest BCUT2D eigenvalue weighted by molar-refractivity contribution is -0.123. The summed E-state index contributed by atoms with van der Waals surface area (Å²) >= 11 is 0. The lowest BCUT2D eigenvalue weighted by Gasteiger charge is -2.09. The van der Waals surface area contributed by atoms with Crippen LogP contribution in [0.1, 0.15) is 24.2 Å². The topological polar surface area (TPSA) is 93.7 Å². The fourth-order valence-corrected chi connectivity index (χ4v) is 1.50. The van der Waals surface area contributed by atoms with Crippen molar-refractivity contribution in [3.63, 3.8) is 0 Å². The van der Waals surface area contributed by atoms with E-state index in [1.54, 1.807) is 0 Å². The van der Waals surface area contributed by atoms with Gasteiger partial charge in [-0.25, -0.2) is 14.0 Å². The molecule has 0 radical (unpaired) electrons. The van der Waals surface area contributed by atoms with Gasteiger partial charge >= 0.3 is 12.0 Å². The summed E-state index contributed by atoms with van der Waals surface area (Å²) in [4.78, 5) is 34.5. The van der Waals surface area contributed by atoms with Gasteiger partial charge in [-0.2, -0.15) is 0 Å². The minimum atomic E-state index is -1.01. The molecule has 0 heterocycles. The maximum absolute atomic E-state index is 13.7. The first-order valence-electron chi connectivity index (χ1n) is 6.91. The predicted molar refractivity (Wildman–Crippen MR) is 79.6 cm³/mol. The average Bonchev–Trinajstić information content (AvgIpc) is 2.50. The van der Waals surface area contributed by atoms with Crippen LogP contribution in [0.25, 0.3) is 0 Å². The molecule has 0 saturated carbocycles. The second-order valence-electron chi connectivity index (χ2n) is 5.07. The van der Waals surface area contributed by atoms with E-state index < -0.39 is 30.3 Å². The fourth-order valence-electron chi connectivity index (χ4n) is 1.50. The Hall–Kier alpha value is -2.64. The van der Waals surface area contributed by atoms with Crippen molar-refractivity contribution >= 4 is 17.9 Å². The smallest absolute Gasteiger partial charge is 0.341 e. The summed E-state index contributed by atoms with van der Waals surface area (Å²) in [6, 6.07) is 2.91. The number of rotatable bonds is 6. The molecule has 3 amide bonds. The average molecular weight is 326 g/mol. The molecule has 7 nitrogen and oxygen atoms in total. The standard InChI is InChI=1S/C15H19FN2O5/c1-9(2)7-17-15(21)18-13(19)8-23-14(20)11-5-4-10(22-3)6-12(11)16/h4-6,9H,7-8H2,1-3H3,(H2,17,18,19,21). The van der Waals surface area contributed by atoms with E-state index in [4.69, 9.17) is 4.74 Å². The first-order chi connectivity index (χ1) is 10.8. The summed E-state index contributed by atoms with van der Waals surface area (Å²) in [7, 11) is 1.36. The zero-order chi connectivity index (χ0) is 17.4. The van der Waals surface area contributed by atoms with E-state index in [9.17, 15) is 18.8 Å². The number of ether oxygens (including phenoxy) is 2. The summed E-state index contributed by atoms with van der Waals surface area (Å²) in [5.41, 5.74) is -0.331. The Labute approximate surface area is 133 Å². The molecule has 0 saturated heterocycles. The molecule has 0 aliphatic carbocycles. The molecule has 126 valence electrons. The Morgan fingerprint density at radius 1 is 1.26 bits per heavy atom. The van der Waals surface area contributed by atoms with Gasteiger partial charge in [0.15, 0.2) is 6.61 Å². The largest absolute Gasteiger partial charge is 0.497 e. The van der Waals surface area contributed by atoms with Crippen LogP contribution in [0.5, 0.6) is 5.75 Å². The molecule has 0 aliphatic rings. The van der Waals surface area contributed by atoms with Crippen molar-refractivity contribution in [1.29, 1.82) is 0 Å². The number of hydrogen-bond acceptors (Lipinski definition) is 5. The summed E-state index contributed by atoms with van der Waals surface area (Å²) in [6.45, 7) is 3.50. The van der Waals surface area contributed by atoms with Crippen molar-refractivity contribution in [3.8, 4) is 5.75 Å². The zero-order valence-corrected chi connectivity index (χ0v) is 13.1. The van der Waals surface area contributed by atoms with Crippen LogP contribution in [0.2, 0.25) is 0 Å². The highest BCUT2D eigenvalue weighted by molar-refractivity contribution is 5.97. The second kappa shape index (κ2) is 8.72. The van der Waals surface area contributed by atoms with E-state index >= 15 is 0 Å². The van der Waals surface area contributed by atoms with Crippen molar-refractivity contribution in [2.24, 2.45) is 5.92 Å². The number of amides is 3. The van der Waals surface area contributed by atoms with Crippen molar-refractivity contribution in [1.82, 2.24) is 10.6 Å². The number of hydrogen-bond donors (Lipinski definition) is 2. The summed E-state index contributed by atoms with van der Waals surface area (Å²) in [6.07, 6.45) is 0. The fraction of sp³-hybridized carbons (Fsp3) is 0.400. The van der Waals surface area contributed by atoms with E-state index in [0.29, 0.717) is 6.54 Å². The minimum Gasteiger partial charge on any atom is -0.497 e. The number of urea groups is 1. The number of benzene rings is 1. The molecule has 1 aromatic rings. The van der Waals surface area contributed by atoms with Crippen LogP contribution < -0.4 is 15.4 Å². The van der Waals surface area contributed by atoms with Gasteiger partial charge < -0.3 is 14.8 Å². The van der Waals surface area contributed by atoms with Crippen molar-refractivity contribution in [3.05, 3.63) is 29.6 Å². The third-order valence-electron chi connectivity index (χ3n) is 2.65. The number of imide groups is 1. The Morgan fingerprint density at radius 2 is 1.96 bits per heavy atom. The molecule has 0 aliphatic heterocycles. The quantitative estimate of drug-likeness (QED) is 0.772. The van der Waals surface area contributed by atoms with Crippen LogP contribution in [0.3, 0.4) is 0 Å². The highest BCUT2D eigenvalue weighted by atomic mass is 19.1. The molecule has 0 unspecified atom stereocenters. The first-order valence-corrected chi connectivity index (χ1v) is 6.91. The van der Waals surface area contributed by atoms with Crippen LogP contribution in [0.4, 0.5) is 9.18 Å². The lowest BCUT2D eigenvalue weighted by atomic mass is 10.2. The van der Waals surface area contributed by atoms with Gasteiger partial charge in [0.05, 0.1) is 12.7 Å². The van der Waals surface area contributed by atoms with Crippen molar-refractivity contribution in [2.45, 2.75) is 13.8 Å². The molecule has 0 bridgehead atoms. The van der Waals surface area contributed by atoms with Gasteiger partial charge in [0, 0.05) is 12.6 Å². The van der Waals surface area contributed by atoms with Gasteiger partial charge in [-0.15, -0.1) is 0 Å². The number of carbonyl (C=O) groups is 3. The molecule has 0 fully saturated rings.